The van der Waals surface area contributed by atoms with E-state index in [1.165, 1.54) is 11.3 Å². The number of carbonyl (C=O) groups excluding carboxylic acids is 1. The molecule has 0 spiro atoms. The van der Waals surface area contributed by atoms with E-state index in [0.29, 0.717) is 16.4 Å². The molecule has 2 heterocycles. The number of primary amides is 1. The third kappa shape index (κ3) is 2.63. The molecule has 1 aromatic carbocycles. The van der Waals surface area contributed by atoms with Crippen molar-refractivity contribution in [1.82, 2.24) is 9.97 Å². The van der Waals surface area contributed by atoms with E-state index >= 15 is 0 Å². The van der Waals surface area contributed by atoms with Crippen LogP contribution in [0.1, 0.15) is 10.4 Å². The van der Waals surface area contributed by atoms with Crippen molar-refractivity contribution in [3.05, 3.63) is 52.0 Å². The van der Waals surface area contributed by atoms with Gasteiger partial charge in [0.2, 0.25) is 0 Å². The van der Waals surface area contributed by atoms with Crippen molar-refractivity contribution in [1.29, 1.82) is 0 Å². The topological polar surface area (TPSA) is 97.8 Å². The van der Waals surface area contributed by atoms with Crippen molar-refractivity contribution in [2.24, 2.45) is 5.73 Å². The van der Waals surface area contributed by atoms with E-state index in [4.69, 9.17) is 23.7 Å². The van der Waals surface area contributed by atoms with Crippen molar-refractivity contribution in [3.63, 3.8) is 0 Å². The van der Waals surface area contributed by atoms with E-state index < -0.39 is 5.91 Å². The minimum absolute atomic E-state index is 0.230. The molecule has 0 radical (unpaired) electrons. The lowest BCUT2D eigenvalue weighted by Gasteiger charge is -2.05. The molecule has 0 unspecified atom stereocenters. The van der Waals surface area contributed by atoms with Crippen LogP contribution in [0, 0.1) is 4.64 Å². The zero-order chi connectivity index (χ0) is 15.7. The first-order valence-electron chi connectivity index (χ1n) is 6.40. The van der Waals surface area contributed by atoms with Gasteiger partial charge in [-0.3, -0.25) is 4.79 Å². The molecule has 3 rings (SSSR count). The van der Waals surface area contributed by atoms with Gasteiger partial charge in [-0.1, -0.05) is 42.5 Å². The summed E-state index contributed by atoms with van der Waals surface area (Å²) in [4.78, 5) is 18.8. The number of rotatable bonds is 3. The Bertz CT molecular complexity index is 899. The summed E-state index contributed by atoms with van der Waals surface area (Å²) in [6.07, 6.45) is 0. The van der Waals surface area contributed by atoms with Crippen LogP contribution in [-0.4, -0.2) is 15.9 Å². The molecule has 0 aliphatic carbocycles. The number of carbonyl (C=O) groups is 1. The molecule has 0 bridgehead atoms. The second-order valence-electron chi connectivity index (χ2n) is 4.61. The Morgan fingerprint density at radius 3 is 2.68 bits per heavy atom. The fourth-order valence-corrected chi connectivity index (χ4v) is 3.17. The number of aromatic amines is 1. The molecule has 0 fully saturated rings. The Labute approximate surface area is 135 Å². The summed E-state index contributed by atoms with van der Waals surface area (Å²) < 4.78 is 0.230. The van der Waals surface area contributed by atoms with E-state index in [2.05, 4.69) is 9.97 Å². The summed E-state index contributed by atoms with van der Waals surface area (Å²) in [5, 5.41) is 2.64. The van der Waals surface area contributed by atoms with Crippen LogP contribution in [-0.2, 0) is 0 Å². The SMILES string of the molecule is NC(=O)c1cc(-c2nc(-c3ccccc3)cs2)c(N)[nH]c1=S. The Balaban J connectivity index is 2.09. The highest BCUT2D eigenvalue weighted by Crippen LogP contribution is 2.32. The maximum Gasteiger partial charge on any atom is 0.251 e. The van der Waals surface area contributed by atoms with Gasteiger partial charge in [0.05, 0.1) is 16.8 Å². The van der Waals surface area contributed by atoms with Crippen LogP contribution in [0.15, 0.2) is 41.8 Å². The average molecular weight is 328 g/mol. The first kappa shape index (κ1) is 14.4. The zero-order valence-corrected chi connectivity index (χ0v) is 13.0. The maximum atomic E-state index is 11.4. The fraction of sp³-hybridized carbons (Fsp3) is 0. The number of thiazole rings is 1. The van der Waals surface area contributed by atoms with Crippen LogP contribution < -0.4 is 11.5 Å². The number of anilines is 1. The molecule has 22 heavy (non-hydrogen) atoms. The van der Waals surface area contributed by atoms with Gasteiger partial charge < -0.3 is 16.5 Å². The minimum atomic E-state index is -0.595. The van der Waals surface area contributed by atoms with Crippen molar-refractivity contribution in [3.8, 4) is 21.8 Å². The first-order valence-corrected chi connectivity index (χ1v) is 7.69. The number of hydrogen-bond donors (Lipinski definition) is 3. The number of pyridine rings is 1. The van der Waals surface area contributed by atoms with E-state index in [1.54, 1.807) is 6.07 Å². The van der Waals surface area contributed by atoms with Crippen LogP contribution >= 0.6 is 23.6 Å². The standard InChI is InChI=1S/C15H12N4OS2/c16-12-9(6-10(13(17)20)14(21)19-12)15-18-11(7-22-15)8-4-2-1-3-5-8/h1-7H,(H2,17,20)(H3,16,19,21). The van der Waals surface area contributed by atoms with Crippen molar-refractivity contribution >= 4 is 35.3 Å². The molecule has 0 aliphatic rings. The van der Waals surface area contributed by atoms with Crippen LogP contribution in [0.25, 0.3) is 21.8 Å². The molecule has 7 heteroatoms. The lowest BCUT2D eigenvalue weighted by atomic mass is 10.1. The molecule has 5 N–H and O–H groups in total. The number of aromatic nitrogens is 2. The Morgan fingerprint density at radius 2 is 2.00 bits per heavy atom. The highest BCUT2D eigenvalue weighted by atomic mass is 32.1. The number of nitrogens with two attached hydrogens (primary N) is 2. The van der Waals surface area contributed by atoms with Gasteiger partial charge in [-0.05, 0) is 6.07 Å². The van der Waals surface area contributed by atoms with Crippen LogP contribution in [0.4, 0.5) is 5.82 Å². The van der Waals surface area contributed by atoms with Gasteiger partial charge in [0.25, 0.3) is 5.91 Å². The predicted molar refractivity (Wildman–Crippen MR) is 91.1 cm³/mol. The quantitative estimate of drug-likeness (QED) is 0.643. The molecule has 0 saturated carbocycles. The number of nitrogens with zero attached hydrogens (tertiary/aromatic N) is 1. The number of benzene rings is 1. The molecule has 0 saturated heterocycles. The summed E-state index contributed by atoms with van der Waals surface area (Å²) in [6, 6.07) is 11.4. The summed E-state index contributed by atoms with van der Waals surface area (Å²) in [6.45, 7) is 0. The largest absolute Gasteiger partial charge is 0.385 e. The maximum absolute atomic E-state index is 11.4. The highest BCUT2D eigenvalue weighted by Gasteiger charge is 2.13. The highest BCUT2D eigenvalue weighted by molar-refractivity contribution is 7.71. The van der Waals surface area contributed by atoms with Crippen molar-refractivity contribution < 1.29 is 4.79 Å². The van der Waals surface area contributed by atoms with Gasteiger partial charge >= 0.3 is 0 Å². The Morgan fingerprint density at radius 1 is 1.27 bits per heavy atom. The fourth-order valence-electron chi connectivity index (χ4n) is 2.04. The van der Waals surface area contributed by atoms with E-state index in [1.807, 2.05) is 35.7 Å². The number of amides is 1. The molecular weight excluding hydrogens is 316 g/mol. The monoisotopic (exact) mass is 328 g/mol. The molecular formula is C15H12N4OS2. The summed E-state index contributed by atoms with van der Waals surface area (Å²) in [5.41, 5.74) is 14.0. The lowest BCUT2D eigenvalue weighted by molar-refractivity contribution is 0.0999. The van der Waals surface area contributed by atoms with Crippen molar-refractivity contribution in [2.45, 2.75) is 0 Å². The van der Waals surface area contributed by atoms with Crippen LogP contribution in [0.3, 0.4) is 0 Å². The molecule has 5 nitrogen and oxygen atoms in total. The third-order valence-corrected chi connectivity index (χ3v) is 4.34. The number of H-pyrrole nitrogens is 1. The predicted octanol–water partition coefficient (Wildman–Crippen LogP) is 3.22. The molecule has 1 amide bonds. The van der Waals surface area contributed by atoms with Crippen LogP contribution in [0.2, 0.25) is 0 Å². The molecule has 110 valence electrons. The van der Waals surface area contributed by atoms with Crippen LogP contribution in [0.5, 0.6) is 0 Å². The van der Waals surface area contributed by atoms with Gasteiger partial charge in [-0.25, -0.2) is 4.98 Å². The van der Waals surface area contributed by atoms with Gasteiger partial charge in [0, 0.05) is 10.9 Å². The Kier molecular flexibility index (Phi) is 3.74. The van der Waals surface area contributed by atoms with E-state index in [9.17, 15) is 4.79 Å². The van der Waals surface area contributed by atoms with Gasteiger partial charge in [-0.2, -0.15) is 0 Å². The number of hydrogen-bond acceptors (Lipinski definition) is 5. The third-order valence-electron chi connectivity index (χ3n) is 3.14. The number of nitrogens with one attached hydrogen (secondary N) is 1. The first-order chi connectivity index (χ1) is 10.6. The van der Waals surface area contributed by atoms with E-state index in [-0.39, 0.29) is 10.2 Å². The number of nitrogen functional groups attached to an aromatic ring is 1. The second kappa shape index (κ2) is 5.70. The summed E-state index contributed by atoms with van der Waals surface area (Å²) in [7, 11) is 0. The van der Waals surface area contributed by atoms with E-state index in [0.717, 1.165) is 11.3 Å². The van der Waals surface area contributed by atoms with Gasteiger partial charge in [0.15, 0.2) is 0 Å². The molecule has 3 aromatic rings. The minimum Gasteiger partial charge on any atom is -0.385 e. The van der Waals surface area contributed by atoms with Crippen molar-refractivity contribution in [2.75, 3.05) is 5.73 Å². The van der Waals surface area contributed by atoms with Gasteiger partial charge in [0.1, 0.15) is 15.5 Å². The zero-order valence-electron chi connectivity index (χ0n) is 11.4. The Hall–Kier alpha value is -2.51. The second-order valence-corrected chi connectivity index (χ2v) is 5.87. The van der Waals surface area contributed by atoms with Gasteiger partial charge in [-0.15, -0.1) is 11.3 Å². The molecule has 2 aromatic heterocycles. The summed E-state index contributed by atoms with van der Waals surface area (Å²) >= 11 is 6.49. The summed E-state index contributed by atoms with van der Waals surface area (Å²) in [5.74, 6) is -0.230. The smallest absolute Gasteiger partial charge is 0.251 e. The average Bonchev–Trinajstić information content (AvgIpc) is 2.97. The normalized spacial score (nSPS) is 10.5. The lowest BCUT2D eigenvalue weighted by Crippen LogP contribution is -2.13. The molecule has 0 atom stereocenters. The molecule has 0 aliphatic heterocycles.